The van der Waals surface area contributed by atoms with E-state index in [0.717, 1.165) is 30.3 Å². The third-order valence-corrected chi connectivity index (χ3v) is 8.83. The fraction of sp³-hybridized carbons (Fsp3) is 0.333. The van der Waals surface area contributed by atoms with Crippen LogP contribution in [0.2, 0.25) is 0 Å². The topological polar surface area (TPSA) is 317 Å². The second kappa shape index (κ2) is 16.1. The Hall–Kier alpha value is -5.48. The van der Waals surface area contributed by atoms with E-state index in [4.69, 9.17) is 28.1 Å². The van der Waals surface area contributed by atoms with Crippen LogP contribution in [0.1, 0.15) is 5.56 Å². The van der Waals surface area contributed by atoms with Crippen molar-refractivity contribution >= 4 is 23.0 Å². The van der Waals surface area contributed by atoms with Crippen molar-refractivity contribution in [2.45, 2.75) is 61.4 Å². The van der Waals surface area contributed by atoms with Crippen LogP contribution < -0.4 is 9.47 Å². The Balaban J connectivity index is 1.33. The van der Waals surface area contributed by atoms with Crippen LogP contribution in [0.15, 0.2) is 65.1 Å². The highest BCUT2D eigenvalue weighted by Gasteiger charge is 2.47. The minimum absolute atomic E-state index is 0.0191. The van der Waals surface area contributed by atoms with Crippen molar-refractivity contribution in [2.75, 3.05) is 13.2 Å². The fourth-order valence-electron chi connectivity index (χ4n) is 5.82. The van der Waals surface area contributed by atoms with Gasteiger partial charge in [0.05, 0.1) is 18.2 Å². The standard InChI is InChI=1S/C36H36O19/c37-12-24-28(44)30(46)32(48)35(54-24)52-22-10-17(39)9-21-18(22)11-23(34(51-21)15-7-19(40)27(43)20(41)8-15)53-36-33(49)31(47)29(45)25(55-36)13-50-26(42)6-3-14-1-4-16(38)5-2-14/h1-11,24-25,28-33,35-37,44-49H,12-13H2,(H4-,38,39,40,41,42,43)/p+1/t24-,25-,28-,29-,30+,31+,32-,33-,35-,36-/m1/s1. The molecule has 6 rings (SSSR count). The number of benzene rings is 3. The Labute approximate surface area is 309 Å². The number of ether oxygens (including phenoxy) is 5. The number of hydrogen-bond acceptors (Lipinski definition) is 18. The molecule has 0 radical (unpaired) electrons. The van der Waals surface area contributed by atoms with Gasteiger partial charge in [-0.3, -0.25) is 0 Å². The van der Waals surface area contributed by atoms with Gasteiger partial charge in [0.1, 0.15) is 78.1 Å². The van der Waals surface area contributed by atoms with Crippen molar-refractivity contribution in [2.24, 2.45) is 0 Å². The molecule has 294 valence electrons. The number of rotatable bonds is 10. The van der Waals surface area contributed by atoms with Gasteiger partial charge >= 0.3 is 17.3 Å². The van der Waals surface area contributed by atoms with Gasteiger partial charge < -0.3 is 85.0 Å². The molecule has 0 bridgehead atoms. The quantitative estimate of drug-likeness (QED) is 0.0419. The summed E-state index contributed by atoms with van der Waals surface area (Å²) >= 11 is 0. The van der Waals surface area contributed by atoms with Gasteiger partial charge in [0, 0.05) is 30.3 Å². The number of phenols is 5. The summed E-state index contributed by atoms with van der Waals surface area (Å²) in [6, 6.07) is 11.2. The maximum absolute atomic E-state index is 12.4. The molecule has 19 nitrogen and oxygen atoms in total. The van der Waals surface area contributed by atoms with Crippen molar-refractivity contribution < 1.29 is 94.2 Å². The number of carbonyl (C=O) groups is 1. The number of aliphatic hydroxyl groups excluding tert-OH is 7. The highest BCUT2D eigenvalue weighted by molar-refractivity contribution is 5.89. The van der Waals surface area contributed by atoms with Gasteiger partial charge in [-0.15, -0.1) is 0 Å². The summed E-state index contributed by atoms with van der Waals surface area (Å²) in [4.78, 5) is 12.4. The first-order valence-corrected chi connectivity index (χ1v) is 16.5. The van der Waals surface area contributed by atoms with E-state index < -0.39 is 104 Å². The van der Waals surface area contributed by atoms with Gasteiger partial charge in [0.15, 0.2) is 17.2 Å². The first-order valence-electron chi connectivity index (χ1n) is 16.5. The zero-order valence-corrected chi connectivity index (χ0v) is 28.3. The van der Waals surface area contributed by atoms with Crippen LogP contribution in [0, 0.1) is 0 Å². The number of aliphatic hydroxyl groups is 7. The lowest BCUT2D eigenvalue weighted by Gasteiger charge is -2.39. The smallest absolute Gasteiger partial charge is 0.402 e. The van der Waals surface area contributed by atoms with E-state index in [-0.39, 0.29) is 39.5 Å². The van der Waals surface area contributed by atoms with Crippen LogP contribution in [-0.2, 0) is 19.0 Å². The maximum atomic E-state index is 12.4. The molecule has 4 aromatic rings. The van der Waals surface area contributed by atoms with Crippen LogP contribution in [0.5, 0.6) is 40.2 Å². The molecule has 19 heteroatoms. The van der Waals surface area contributed by atoms with Crippen molar-refractivity contribution in [3.05, 3.63) is 66.2 Å². The number of phenolic OH excluding ortho intramolecular Hbond substituents is 5. The molecule has 0 aliphatic carbocycles. The molecular weight excluding hydrogens is 736 g/mol. The van der Waals surface area contributed by atoms with Crippen molar-refractivity contribution in [1.82, 2.24) is 0 Å². The zero-order chi connectivity index (χ0) is 39.7. The highest BCUT2D eigenvalue weighted by Crippen LogP contribution is 2.45. The number of aromatic hydroxyl groups is 5. The van der Waals surface area contributed by atoms with Crippen LogP contribution >= 0.6 is 0 Å². The fourth-order valence-corrected chi connectivity index (χ4v) is 5.82. The van der Waals surface area contributed by atoms with Gasteiger partial charge in [-0.25, -0.2) is 9.21 Å². The maximum Gasteiger partial charge on any atom is 0.402 e. The molecule has 0 unspecified atom stereocenters. The summed E-state index contributed by atoms with van der Waals surface area (Å²) in [7, 11) is 0. The first kappa shape index (κ1) is 39.2. The zero-order valence-electron chi connectivity index (χ0n) is 28.3. The average molecular weight is 774 g/mol. The lowest BCUT2D eigenvalue weighted by Crippen LogP contribution is -2.60. The summed E-state index contributed by atoms with van der Waals surface area (Å²) in [5, 5.41) is 123. The Kier molecular flexibility index (Phi) is 11.5. The summed E-state index contributed by atoms with van der Waals surface area (Å²) < 4.78 is 34.1. The third-order valence-electron chi connectivity index (χ3n) is 8.83. The predicted molar refractivity (Wildman–Crippen MR) is 183 cm³/mol. The SMILES string of the molecule is O=C(C=Cc1ccc(O)cc1)OC[C@H]1O[C@@H](Oc2cc3c(O[C@@H]4O[C@H](CO)[C@@H](O)[C@H](O)[C@H]4O)cc(O)cc3[o+]c2-c2cc(O)c(O)c(O)c2)[C@H](O)[C@@H](O)[C@@H]1O. The molecule has 55 heavy (non-hydrogen) atoms. The molecule has 3 aromatic carbocycles. The van der Waals surface area contributed by atoms with E-state index >= 15 is 0 Å². The molecule has 0 amide bonds. The van der Waals surface area contributed by atoms with Crippen LogP contribution in [-0.4, -0.2) is 142 Å². The third kappa shape index (κ3) is 8.29. The molecule has 10 atom stereocenters. The molecule has 2 saturated heterocycles. The van der Waals surface area contributed by atoms with E-state index in [0.29, 0.717) is 5.56 Å². The molecule has 0 saturated carbocycles. The molecule has 2 aliphatic rings. The predicted octanol–water partition coefficient (Wildman–Crippen LogP) is -0.469. The number of fused-ring (bicyclic) bond motifs is 1. The summed E-state index contributed by atoms with van der Waals surface area (Å²) in [5.41, 5.74) is 0.223. The van der Waals surface area contributed by atoms with E-state index in [9.17, 15) is 66.1 Å². The Bertz CT molecular complexity index is 2010. The Morgan fingerprint density at radius 2 is 1.27 bits per heavy atom. The summed E-state index contributed by atoms with van der Waals surface area (Å²) in [6.45, 7) is -1.41. The van der Waals surface area contributed by atoms with Gasteiger partial charge in [-0.1, -0.05) is 12.1 Å². The molecule has 0 spiro atoms. The molecule has 2 fully saturated rings. The van der Waals surface area contributed by atoms with Crippen molar-refractivity contribution in [3.8, 4) is 51.6 Å². The highest BCUT2D eigenvalue weighted by atomic mass is 16.7. The average Bonchev–Trinajstić information content (AvgIpc) is 3.16. The van der Waals surface area contributed by atoms with Gasteiger partial charge in [-0.05, 0) is 23.8 Å². The van der Waals surface area contributed by atoms with Crippen LogP contribution in [0.25, 0.3) is 28.4 Å². The second-order valence-electron chi connectivity index (χ2n) is 12.7. The molecule has 1 aromatic heterocycles. The van der Waals surface area contributed by atoms with Crippen molar-refractivity contribution in [3.63, 3.8) is 0 Å². The lowest BCUT2D eigenvalue weighted by molar-refractivity contribution is -0.278. The lowest BCUT2D eigenvalue weighted by atomic mass is 9.99. The summed E-state index contributed by atoms with van der Waals surface area (Å²) in [6.07, 6.45) is -15.1. The Morgan fingerprint density at radius 1 is 0.691 bits per heavy atom. The van der Waals surface area contributed by atoms with E-state index in [1.165, 1.54) is 36.4 Å². The molecule has 2 aliphatic heterocycles. The molecule has 12 N–H and O–H groups in total. The first-order chi connectivity index (χ1) is 26.1. The summed E-state index contributed by atoms with van der Waals surface area (Å²) in [5.74, 6) is -4.82. The van der Waals surface area contributed by atoms with E-state index in [2.05, 4.69) is 0 Å². The normalized spacial score (nSPS) is 28.3. The molecule has 3 heterocycles. The molecular formula is C36H37O19+. The largest absolute Gasteiger partial charge is 0.508 e. The second-order valence-corrected chi connectivity index (χ2v) is 12.7. The minimum Gasteiger partial charge on any atom is -0.508 e. The minimum atomic E-state index is -1.97. The number of hydrogen-bond donors (Lipinski definition) is 12. The monoisotopic (exact) mass is 773 g/mol. The van der Waals surface area contributed by atoms with Gasteiger partial charge in [0.2, 0.25) is 18.3 Å². The number of esters is 1. The number of carbonyl (C=O) groups excluding carboxylic acids is 1. The van der Waals surface area contributed by atoms with Gasteiger partial charge in [0.25, 0.3) is 0 Å². The van der Waals surface area contributed by atoms with Crippen molar-refractivity contribution in [1.29, 1.82) is 0 Å². The van der Waals surface area contributed by atoms with Crippen LogP contribution in [0.3, 0.4) is 0 Å². The van der Waals surface area contributed by atoms with Crippen LogP contribution in [0.4, 0.5) is 0 Å². The van der Waals surface area contributed by atoms with E-state index in [1.54, 1.807) is 0 Å². The van der Waals surface area contributed by atoms with Gasteiger partial charge in [-0.2, -0.15) is 0 Å². The van der Waals surface area contributed by atoms with E-state index in [1.807, 2.05) is 0 Å². The Morgan fingerprint density at radius 3 is 1.89 bits per heavy atom.